The molecule has 6 nitrogen and oxygen atoms in total. The zero-order valence-corrected chi connectivity index (χ0v) is 18.1. The average Bonchev–Trinajstić information content (AvgIpc) is 2.84. The highest BCUT2D eigenvalue weighted by Crippen LogP contribution is 2.40. The van der Waals surface area contributed by atoms with Crippen LogP contribution in [0.4, 0.5) is 0 Å². The van der Waals surface area contributed by atoms with Gasteiger partial charge in [-0.3, -0.25) is 15.5 Å². The fourth-order valence-corrected chi connectivity index (χ4v) is 3.45. The predicted octanol–water partition coefficient (Wildman–Crippen LogP) is 3.30. The molecular formula is C19H26N4O2S2. The van der Waals surface area contributed by atoms with E-state index in [0.717, 1.165) is 16.7 Å². The molecule has 1 fully saturated rings. The van der Waals surface area contributed by atoms with Gasteiger partial charge < -0.3 is 10.8 Å². The van der Waals surface area contributed by atoms with Crippen LogP contribution in [0, 0.1) is 0 Å². The summed E-state index contributed by atoms with van der Waals surface area (Å²) in [5.74, 6) is 0.0646. The van der Waals surface area contributed by atoms with Gasteiger partial charge >= 0.3 is 0 Å². The minimum atomic E-state index is -0.244. The number of amides is 1. The first kappa shape index (κ1) is 21.2. The highest BCUT2D eigenvalue weighted by atomic mass is 32.2. The van der Waals surface area contributed by atoms with Gasteiger partial charge in [0.2, 0.25) is 0 Å². The van der Waals surface area contributed by atoms with Crippen LogP contribution in [-0.2, 0) is 15.6 Å². The zero-order chi connectivity index (χ0) is 20.6. The van der Waals surface area contributed by atoms with Gasteiger partial charge in [-0.15, -0.1) is 5.10 Å². The Morgan fingerprint density at radius 2 is 1.74 bits per heavy atom. The topological polar surface area (TPSA) is 99.7 Å². The molecular weight excluding hydrogens is 380 g/mol. The third-order valence-corrected chi connectivity index (χ3v) is 4.97. The number of phenolic OH excluding ortho intramolecular Hbond substituents is 1. The lowest BCUT2D eigenvalue weighted by Crippen LogP contribution is -2.28. The minimum Gasteiger partial charge on any atom is -0.507 e. The predicted molar refractivity (Wildman–Crippen MR) is 117 cm³/mol. The molecule has 27 heavy (non-hydrogen) atoms. The van der Waals surface area contributed by atoms with Gasteiger partial charge in [-0.05, 0) is 58.6 Å². The Morgan fingerprint density at radius 1 is 1.22 bits per heavy atom. The second kappa shape index (κ2) is 7.52. The number of phenols is 1. The van der Waals surface area contributed by atoms with Crippen molar-refractivity contribution in [3.05, 3.63) is 33.7 Å². The molecule has 1 aliphatic heterocycles. The highest BCUT2D eigenvalue weighted by Gasteiger charge is 2.28. The summed E-state index contributed by atoms with van der Waals surface area (Å²) in [5, 5.41) is 17.8. The highest BCUT2D eigenvalue weighted by molar-refractivity contribution is 8.18. The van der Waals surface area contributed by atoms with E-state index in [4.69, 9.17) is 18.0 Å². The molecule has 1 heterocycles. The van der Waals surface area contributed by atoms with Crippen LogP contribution in [0.2, 0.25) is 0 Å². The van der Waals surface area contributed by atoms with Crippen molar-refractivity contribution in [3.8, 4) is 5.75 Å². The quantitative estimate of drug-likeness (QED) is 0.342. The number of rotatable bonds is 2. The number of nitrogens with two attached hydrogens (primary N) is 1. The van der Waals surface area contributed by atoms with Gasteiger partial charge in [0.25, 0.3) is 5.91 Å². The maximum Gasteiger partial charge on any atom is 0.264 e. The van der Waals surface area contributed by atoms with Crippen molar-refractivity contribution in [1.82, 2.24) is 10.7 Å². The Kier molecular flexibility index (Phi) is 5.91. The van der Waals surface area contributed by atoms with Crippen molar-refractivity contribution >= 4 is 46.2 Å². The molecule has 8 heteroatoms. The van der Waals surface area contributed by atoms with Crippen LogP contribution in [0.15, 0.2) is 22.1 Å². The maximum absolute atomic E-state index is 12.2. The Morgan fingerprint density at radius 3 is 2.19 bits per heavy atom. The molecule has 0 aromatic heterocycles. The molecule has 1 amide bonds. The summed E-state index contributed by atoms with van der Waals surface area (Å²) >= 11 is 5.90. The van der Waals surface area contributed by atoms with Crippen molar-refractivity contribution in [2.75, 3.05) is 0 Å². The van der Waals surface area contributed by atoms with E-state index in [0.29, 0.717) is 15.8 Å². The normalized spacial score (nSPS) is 18.1. The molecule has 0 spiro atoms. The lowest BCUT2D eigenvalue weighted by Gasteiger charge is -2.28. The van der Waals surface area contributed by atoms with Gasteiger partial charge in [-0.2, -0.15) is 0 Å². The molecule has 1 aromatic carbocycles. The van der Waals surface area contributed by atoms with Crippen molar-refractivity contribution in [1.29, 1.82) is 0 Å². The first-order valence-corrected chi connectivity index (χ1v) is 9.73. The van der Waals surface area contributed by atoms with E-state index in [-0.39, 0.29) is 21.8 Å². The number of carbonyl (C=O) groups is 1. The number of nitrogens with one attached hydrogen (secondary N) is 2. The number of benzene rings is 1. The number of hydrogen-bond acceptors (Lipinski definition) is 5. The molecule has 1 aromatic rings. The van der Waals surface area contributed by atoms with E-state index in [1.807, 2.05) is 12.1 Å². The lowest BCUT2D eigenvalue weighted by atomic mass is 9.78. The number of thiocarbonyl (C=S) groups is 1. The molecule has 0 atom stereocenters. The number of hydrazone groups is 1. The van der Waals surface area contributed by atoms with Gasteiger partial charge in [-0.1, -0.05) is 41.5 Å². The molecule has 1 saturated heterocycles. The van der Waals surface area contributed by atoms with Gasteiger partial charge in [0.15, 0.2) is 10.3 Å². The van der Waals surface area contributed by atoms with Crippen LogP contribution >= 0.6 is 24.0 Å². The first-order valence-electron chi connectivity index (χ1n) is 8.51. The Bertz CT molecular complexity index is 811. The summed E-state index contributed by atoms with van der Waals surface area (Å²) in [6.45, 7) is 12.3. The Balaban J connectivity index is 2.50. The fourth-order valence-electron chi connectivity index (χ4n) is 2.62. The Labute approximate surface area is 169 Å². The smallest absolute Gasteiger partial charge is 0.264 e. The summed E-state index contributed by atoms with van der Waals surface area (Å²) in [4.78, 5) is 12.7. The van der Waals surface area contributed by atoms with Crippen LogP contribution in [0.1, 0.15) is 58.2 Å². The number of thioether (sulfide) groups is 1. The van der Waals surface area contributed by atoms with Crippen LogP contribution in [0.5, 0.6) is 5.75 Å². The monoisotopic (exact) mass is 406 g/mol. The third-order valence-electron chi connectivity index (χ3n) is 3.96. The molecule has 0 bridgehead atoms. The second-order valence-corrected chi connectivity index (χ2v) is 9.89. The van der Waals surface area contributed by atoms with E-state index in [2.05, 4.69) is 57.4 Å². The van der Waals surface area contributed by atoms with Crippen molar-refractivity contribution in [2.45, 2.75) is 52.4 Å². The molecule has 2 rings (SSSR count). The van der Waals surface area contributed by atoms with Crippen LogP contribution in [0.25, 0.3) is 6.08 Å². The summed E-state index contributed by atoms with van der Waals surface area (Å²) in [6.07, 6.45) is 1.80. The molecule has 0 aliphatic carbocycles. The summed E-state index contributed by atoms with van der Waals surface area (Å²) in [7, 11) is 0. The standard InChI is InChI=1S/C19H26N4O2S2/c1-18(2,3)11-7-10(8-12(14(11)24)19(4,5)6)9-13-15(25)21-17(27-13)23-22-16(20)26/h7-9,24H,1-6H3,(H3,20,22,26)(H,21,23,25)/b13-9-. The summed E-state index contributed by atoms with van der Waals surface area (Å²) in [5.41, 5.74) is 9.86. The molecule has 0 unspecified atom stereocenters. The average molecular weight is 407 g/mol. The SMILES string of the molecule is CC(C)(C)c1cc(/C=C2\S/C(=N\NC(N)=S)NC2=O)cc(C(C)(C)C)c1O. The van der Waals surface area contributed by atoms with Crippen LogP contribution in [0.3, 0.4) is 0 Å². The van der Waals surface area contributed by atoms with Crippen molar-refractivity contribution in [2.24, 2.45) is 10.8 Å². The number of carbonyl (C=O) groups excluding carboxylic acids is 1. The number of nitrogens with zero attached hydrogens (tertiary/aromatic N) is 1. The van der Waals surface area contributed by atoms with E-state index in [1.54, 1.807) is 6.08 Å². The van der Waals surface area contributed by atoms with E-state index >= 15 is 0 Å². The fraction of sp³-hybridized carbons (Fsp3) is 0.421. The second-order valence-electron chi connectivity index (χ2n) is 8.42. The lowest BCUT2D eigenvalue weighted by molar-refractivity contribution is -0.115. The van der Waals surface area contributed by atoms with E-state index in [9.17, 15) is 9.90 Å². The maximum atomic E-state index is 12.2. The molecule has 1 aliphatic rings. The summed E-state index contributed by atoms with van der Waals surface area (Å²) in [6, 6.07) is 3.85. The Hall–Kier alpha value is -2.06. The van der Waals surface area contributed by atoms with Gasteiger partial charge in [-0.25, -0.2) is 0 Å². The number of hydrogen-bond donors (Lipinski definition) is 4. The third kappa shape index (κ3) is 5.23. The first-order chi connectivity index (χ1) is 12.3. The molecule has 0 radical (unpaired) electrons. The largest absolute Gasteiger partial charge is 0.507 e. The molecule has 146 valence electrons. The number of amidine groups is 1. The number of aromatic hydroxyl groups is 1. The molecule has 0 saturated carbocycles. The minimum absolute atomic E-state index is 0.0259. The molecule has 5 N–H and O–H groups in total. The van der Waals surface area contributed by atoms with Gasteiger partial charge in [0.05, 0.1) is 4.91 Å². The van der Waals surface area contributed by atoms with Crippen LogP contribution < -0.4 is 16.5 Å². The zero-order valence-electron chi connectivity index (χ0n) is 16.4. The van der Waals surface area contributed by atoms with E-state index < -0.39 is 0 Å². The van der Waals surface area contributed by atoms with Crippen molar-refractivity contribution in [3.63, 3.8) is 0 Å². The summed E-state index contributed by atoms with van der Waals surface area (Å²) < 4.78 is 0. The van der Waals surface area contributed by atoms with Crippen LogP contribution in [-0.4, -0.2) is 21.3 Å². The van der Waals surface area contributed by atoms with E-state index in [1.165, 1.54) is 11.8 Å². The van der Waals surface area contributed by atoms with Gasteiger partial charge in [0, 0.05) is 11.1 Å². The van der Waals surface area contributed by atoms with Gasteiger partial charge in [0.1, 0.15) is 5.75 Å². The van der Waals surface area contributed by atoms with Crippen molar-refractivity contribution < 1.29 is 9.90 Å².